The van der Waals surface area contributed by atoms with Crippen LogP contribution in [0.15, 0.2) is 48.5 Å². The van der Waals surface area contributed by atoms with Crippen molar-refractivity contribution in [3.8, 4) is 11.5 Å². The minimum Gasteiger partial charge on any atom is -0.497 e. The Labute approximate surface area is 230 Å². The summed E-state index contributed by atoms with van der Waals surface area (Å²) in [6, 6.07) is 15.0. The van der Waals surface area contributed by atoms with Gasteiger partial charge in [-0.15, -0.1) is 0 Å². The highest BCUT2D eigenvalue weighted by atomic mass is 16.5. The molecule has 0 radical (unpaired) electrons. The van der Waals surface area contributed by atoms with Gasteiger partial charge >= 0.3 is 0 Å². The van der Waals surface area contributed by atoms with Gasteiger partial charge in [0.25, 0.3) is 11.8 Å². The van der Waals surface area contributed by atoms with Gasteiger partial charge in [-0.25, -0.2) is 0 Å². The molecule has 0 unspecified atom stereocenters. The minimum atomic E-state index is -0.791. The van der Waals surface area contributed by atoms with E-state index in [-0.39, 0.29) is 24.3 Å². The number of rotatable bonds is 6. The van der Waals surface area contributed by atoms with Crippen LogP contribution >= 0.6 is 0 Å². The number of amides is 3. The molecule has 1 spiro atoms. The average Bonchev–Trinajstić information content (AvgIpc) is 3.23. The summed E-state index contributed by atoms with van der Waals surface area (Å²) >= 11 is 0. The first-order chi connectivity index (χ1) is 18.8. The van der Waals surface area contributed by atoms with Crippen molar-refractivity contribution in [2.24, 2.45) is 5.92 Å². The van der Waals surface area contributed by atoms with E-state index >= 15 is 0 Å². The van der Waals surface area contributed by atoms with E-state index in [9.17, 15) is 14.4 Å². The first kappa shape index (κ1) is 26.8. The van der Waals surface area contributed by atoms with Crippen LogP contribution in [-0.2, 0) is 9.59 Å². The molecule has 0 bridgehead atoms. The van der Waals surface area contributed by atoms with E-state index < -0.39 is 5.54 Å². The molecule has 0 saturated carbocycles. The standard InChI is InChI=1S/C30H38N4O5/c1-22-9-13-31(14-10-22)27(35)20-33-21-34(24-7-5-4-6-8-24)30(29(33)37)11-15-32(16-12-30)28(36)23-17-25(38-2)19-26(18-23)39-3/h4-8,17-19,22H,9-16,20-21H2,1-3H3. The van der Waals surface area contributed by atoms with Gasteiger partial charge in [-0.2, -0.15) is 0 Å². The van der Waals surface area contributed by atoms with Crippen molar-refractivity contribution in [3.05, 3.63) is 54.1 Å². The van der Waals surface area contributed by atoms with Crippen molar-refractivity contribution in [1.82, 2.24) is 14.7 Å². The normalized spacial score (nSPS) is 19.5. The number of methoxy groups -OCH3 is 2. The third kappa shape index (κ3) is 5.27. The highest BCUT2D eigenvalue weighted by Gasteiger charge is 2.54. The Hall–Kier alpha value is -3.75. The summed E-state index contributed by atoms with van der Waals surface area (Å²) in [7, 11) is 3.11. The van der Waals surface area contributed by atoms with E-state index in [0.717, 1.165) is 31.6 Å². The topological polar surface area (TPSA) is 82.6 Å². The molecule has 2 aromatic rings. The maximum Gasteiger partial charge on any atom is 0.254 e. The Morgan fingerprint density at radius 1 is 0.897 bits per heavy atom. The molecule has 0 aliphatic carbocycles. The Morgan fingerprint density at radius 2 is 1.51 bits per heavy atom. The number of likely N-dealkylation sites (tertiary alicyclic amines) is 2. The second-order valence-corrected chi connectivity index (χ2v) is 10.9. The van der Waals surface area contributed by atoms with E-state index in [4.69, 9.17) is 9.47 Å². The predicted octanol–water partition coefficient (Wildman–Crippen LogP) is 3.24. The number of benzene rings is 2. The third-order valence-corrected chi connectivity index (χ3v) is 8.52. The predicted molar refractivity (Wildman–Crippen MR) is 148 cm³/mol. The number of hydrogen-bond acceptors (Lipinski definition) is 6. The average molecular weight is 535 g/mol. The Bertz CT molecular complexity index is 1180. The number of ether oxygens (including phenoxy) is 2. The second kappa shape index (κ2) is 11.2. The highest BCUT2D eigenvalue weighted by Crippen LogP contribution is 2.40. The number of piperidine rings is 2. The van der Waals surface area contributed by atoms with E-state index in [0.29, 0.717) is 55.6 Å². The fourth-order valence-corrected chi connectivity index (χ4v) is 6.04. The largest absolute Gasteiger partial charge is 0.497 e. The fourth-order valence-electron chi connectivity index (χ4n) is 6.04. The summed E-state index contributed by atoms with van der Waals surface area (Å²) in [4.78, 5) is 48.2. The summed E-state index contributed by atoms with van der Waals surface area (Å²) in [6.45, 7) is 5.03. The SMILES string of the molecule is COc1cc(OC)cc(C(=O)N2CCC3(CC2)C(=O)N(CC(=O)N2CCC(C)CC2)CN3c2ccccc2)c1. The van der Waals surface area contributed by atoms with Gasteiger partial charge in [-0.05, 0) is 55.9 Å². The van der Waals surface area contributed by atoms with E-state index in [1.807, 2.05) is 35.2 Å². The Balaban J connectivity index is 1.34. The summed E-state index contributed by atoms with van der Waals surface area (Å²) in [5.41, 5.74) is 0.647. The molecule has 0 N–H and O–H groups in total. The monoisotopic (exact) mass is 534 g/mol. The third-order valence-electron chi connectivity index (χ3n) is 8.52. The molecule has 9 heteroatoms. The highest BCUT2D eigenvalue weighted by molar-refractivity contribution is 5.98. The van der Waals surface area contributed by atoms with Crippen LogP contribution in [0.5, 0.6) is 11.5 Å². The smallest absolute Gasteiger partial charge is 0.254 e. The van der Waals surface area contributed by atoms with Gasteiger partial charge in [0.15, 0.2) is 0 Å². The molecular weight excluding hydrogens is 496 g/mol. The summed E-state index contributed by atoms with van der Waals surface area (Å²) < 4.78 is 10.7. The van der Waals surface area contributed by atoms with E-state index in [2.05, 4.69) is 11.8 Å². The number of hydrogen-bond donors (Lipinski definition) is 0. The molecule has 3 fully saturated rings. The van der Waals surface area contributed by atoms with Gasteiger partial charge in [-0.1, -0.05) is 25.1 Å². The van der Waals surface area contributed by atoms with Gasteiger partial charge < -0.3 is 29.1 Å². The lowest BCUT2D eigenvalue weighted by atomic mass is 9.85. The lowest BCUT2D eigenvalue weighted by Crippen LogP contribution is -2.57. The maximum absolute atomic E-state index is 14.0. The van der Waals surface area contributed by atoms with Crippen LogP contribution in [0, 0.1) is 5.92 Å². The second-order valence-electron chi connectivity index (χ2n) is 10.9. The number of carbonyl (C=O) groups excluding carboxylic acids is 3. The van der Waals surface area contributed by atoms with Crippen LogP contribution in [0.4, 0.5) is 5.69 Å². The molecule has 5 rings (SSSR count). The molecule has 2 aromatic carbocycles. The van der Waals surface area contributed by atoms with Crippen LogP contribution < -0.4 is 14.4 Å². The van der Waals surface area contributed by atoms with Crippen molar-refractivity contribution in [1.29, 1.82) is 0 Å². The summed E-state index contributed by atoms with van der Waals surface area (Å²) in [6.07, 6.45) is 2.98. The van der Waals surface area contributed by atoms with Crippen LogP contribution in [0.25, 0.3) is 0 Å². The zero-order valence-corrected chi connectivity index (χ0v) is 23.1. The van der Waals surface area contributed by atoms with Gasteiger partial charge in [0.1, 0.15) is 23.6 Å². The molecular formula is C30H38N4O5. The molecule has 39 heavy (non-hydrogen) atoms. The van der Waals surface area contributed by atoms with Gasteiger partial charge in [-0.3, -0.25) is 14.4 Å². The number of anilines is 1. The minimum absolute atomic E-state index is 0.0138. The molecule has 0 atom stereocenters. The molecule has 3 aliphatic heterocycles. The van der Waals surface area contributed by atoms with Crippen LogP contribution in [0.1, 0.15) is 43.0 Å². The van der Waals surface area contributed by atoms with Gasteiger partial charge in [0.2, 0.25) is 5.91 Å². The van der Waals surface area contributed by atoms with Crippen LogP contribution in [0.2, 0.25) is 0 Å². The van der Waals surface area contributed by atoms with E-state index in [1.54, 1.807) is 42.2 Å². The van der Waals surface area contributed by atoms with E-state index in [1.165, 1.54) is 0 Å². The zero-order valence-electron chi connectivity index (χ0n) is 23.1. The summed E-state index contributed by atoms with van der Waals surface area (Å²) in [5, 5.41) is 0. The molecule has 208 valence electrons. The Kier molecular flexibility index (Phi) is 7.68. The van der Waals surface area contributed by atoms with Crippen molar-refractivity contribution in [2.45, 2.75) is 38.1 Å². The van der Waals surface area contributed by atoms with Gasteiger partial charge in [0, 0.05) is 43.5 Å². The molecule has 9 nitrogen and oxygen atoms in total. The first-order valence-electron chi connectivity index (χ1n) is 13.8. The molecule has 3 aliphatic rings. The van der Waals surface area contributed by atoms with Gasteiger partial charge in [0.05, 0.1) is 20.9 Å². The Morgan fingerprint density at radius 3 is 2.10 bits per heavy atom. The number of carbonyl (C=O) groups is 3. The maximum atomic E-state index is 14.0. The van der Waals surface area contributed by atoms with Crippen LogP contribution in [-0.4, -0.2) is 91.6 Å². The molecule has 0 aromatic heterocycles. The van der Waals surface area contributed by atoms with Crippen LogP contribution in [0.3, 0.4) is 0 Å². The number of para-hydroxylation sites is 1. The lowest BCUT2D eigenvalue weighted by Gasteiger charge is -2.43. The molecule has 3 saturated heterocycles. The number of nitrogens with zero attached hydrogens (tertiary/aromatic N) is 4. The first-order valence-corrected chi connectivity index (χ1v) is 13.8. The fraction of sp³-hybridized carbons (Fsp3) is 0.500. The zero-order chi connectivity index (χ0) is 27.6. The molecule has 3 amide bonds. The van der Waals surface area contributed by atoms with Crippen molar-refractivity contribution in [3.63, 3.8) is 0 Å². The summed E-state index contributed by atoms with van der Waals surface area (Å²) in [5.74, 6) is 1.60. The lowest BCUT2D eigenvalue weighted by molar-refractivity contribution is -0.141. The van der Waals surface area contributed by atoms with Crippen molar-refractivity contribution >= 4 is 23.4 Å². The van der Waals surface area contributed by atoms with Crippen molar-refractivity contribution in [2.75, 3.05) is 58.5 Å². The molecule has 3 heterocycles. The van der Waals surface area contributed by atoms with Crippen molar-refractivity contribution < 1.29 is 23.9 Å². The quantitative estimate of drug-likeness (QED) is 0.566.